The van der Waals surface area contributed by atoms with Gasteiger partial charge >= 0.3 is 0 Å². The molecule has 0 amide bonds. The Balaban J connectivity index is 1.82. The molecule has 128 valence electrons. The second-order valence-electron chi connectivity index (χ2n) is 6.84. The standard InChI is InChI=1S/C19H17F2N3S/c1-19(2)17(12-5-9-14(21)10-6-12)22-15(16-18(19)23-24-25-16)11-3-7-13(20)8-4-11/h3-10,15,17,22H,1-2H3. The quantitative estimate of drug-likeness (QED) is 0.732. The molecule has 6 heteroatoms. The van der Waals surface area contributed by atoms with Crippen LogP contribution in [0.25, 0.3) is 0 Å². The molecule has 2 atom stereocenters. The summed E-state index contributed by atoms with van der Waals surface area (Å²) in [6.45, 7) is 4.21. The SMILES string of the molecule is CC1(C)c2nnsc2C(c2ccc(F)cc2)NC1c1ccc(F)cc1. The van der Waals surface area contributed by atoms with Crippen molar-refractivity contribution >= 4 is 11.5 Å². The van der Waals surface area contributed by atoms with E-state index in [-0.39, 0.29) is 29.1 Å². The molecule has 1 aromatic heterocycles. The molecule has 1 N–H and O–H groups in total. The summed E-state index contributed by atoms with van der Waals surface area (Å²) in [6.07, 6.45) is 0. The Labute approximate surface area is 148 Å². The number of nitrogens with one attached hydrogen (secondary N) is 1. The molecule has 25 heavy (non-hydrogen) atoms. The Morgan fingerprint density at radius 3 is 2.08 bits per heavy atom. The van der Waals surface area contributed by atoms with Gasteiger partial charge in [-0.2, -0.15) is 0 Å². The van der Waals surface area contributed by atoms with Crippen LogP contribution in [0.5, 0.6) is 0 Å². The highest BCUT2D eigenvalue weighted by Gasteiger charge is 2.44. The van der Waals surface area contributed by atoms with Crippen molar-refractivity contribution in [2.24, 2.45) is 0 Å². The number of halogens is 2. The van der Waals surface area contributed by atoms with Gasteiger partial charge in [0.1, 0.15) is 11.6 Å². The normalized spacial score (nSPS) is 21.8. The minimum Gasteiger partial charge on any atom is -0.298 e. The smallest absolute Gasteiger partial charge is 0.123 e. The van der Waals surface area contributed by atoms with E-state index in [9.17, 15) is 8.78 Å². The van der Waals surface area contributed by atoms with Crippen molar-refractivity contribution in [1.82, 2.24) is 14.9 Å². The number of aromatic nitrogens is 2. The molecular formula is C19H17F2N3S. The second kappa shape index (κ2) is 5.97. The Bertz CT molecular complexity index is 888. The van der Waals surface area contributed by atoms with Crippen LogP contribution in [0.15, 0.2) is 48.5 Å². The van der Waals surface area contributed by atoms with Crippen LogP contribution in [0.1, 0.15) is 47.6 Å². The molecule has 4 rings (SSSR count). The van der Waals surface area contributed by atoms with E-state index in [1.54, 1.807) is 24.3 Å². The summed E-state index contributed by atoms with van der Waals surface area (Å²) in [5.41, 5.74) is 2.56. The van der Waals surface area contributed by atoms with Crippen LogP contribution in [0, 0.1) is 11.6 Å². The van der Waals surface area contributed by atoms with Gasteiger partial charge in [-0.3, -0.25) is 5.32 Å². The molecule has 2 unspecified atom stereocenters. The Morgan fingerprint density at radius 1 is 0.920 bits per heavy atom. The lowest BCUT2D eigenvalue weighted by atomic mass is 9.73. The van der Waals surface area contributed by atoms with Gasteiger partial charge in [0.2, 0.25) is 0 Å². The largest absolute Gasteiger partial charge is 0.298 e. The number of rotatable bonds is 2. The van der Waals surface area contributed by atoms with Crippen molar-refractivity contribution in [3.8, 4) is 0 Å². The maximum absolute atomic E-state index is 13.3. The maximum Gasteiger partial charge on any atom is 0.123 e. The molecule has 1 aliphatic rings. The molecular weight excluding hydrogens is 340 g/mol. The Kier molecular flexibility index (Phi) is 3.89. The van der Waals surface area contributed by atoms with Crippen LogP contribution in [0.4, 0.5) is 8.78 Å². The van der Waals surface area contributed by atoms with Crippen molar-refractivity contribution in [1.29, 1.82) is 0 Å². The number of benzene rings is 2. The molecule has 2 aromatic carbocycles. The molecule has 0 aliphatic carbocycles. The summed E-state index contributed by atoms with van der Waals surface area (Å²) in [5, 5.41) is 8.02. The maximum atomic E-state index is 13.3. The predicted molar refractivity (Wildman–Crippen MR) is 93.5 cm³/mol. The fourth-order valence-corrected chi connectivity index (χ4v) is 4.40. The van der Waals surface area contributed by atoms with E-state index >= 15 is 0 Å². The van der Waals surface area contributed by atoms with E-state index in [2.05, 4.69) is 28.8 Å². The van der Waals surface area contributed by atoms with Crippen molar-refractivity contribution in [2.75, 3.05) is 0 Å². The van der Waals surface area contributed by atoms with Gasteiger partial charge in [-0.25, -0.2) is 8.78 Å². The zero-order chi connectivity index (χ0) is 17.6. The lowest BCUT2D eigenvalue weighted by Crippen LogP contribution is -2.45. The monoisotopic (exact) mass is 357 g/mol. The van der Waals surface area contributed by atoms with Crippen LogP contribution >= 0.6 is 11.5 Å². The van der Waals surface area contributed by atoms with Crippen molar-refractivity contribution < 1.29 is 8.78 Å². The summed E-state index contributed by atoms with van der Waals surface area (Å²) in [4.78, 5) is 1.04. The lowest BCUT2D eigenvalue weighted by Gasteiger charge is -2.42. The molecule has 1 aliphatic heterocycles. The molecule has 3 aromatic rings. The highest BCUT2D eigenvalue weighted by Crippen LogP contribution is 2.47. The van der Waals surface area contributed by atoms with E-state index in [1.807, 2.05) is 0 Å². The average Bonchev–Trinajstić information content (AvgIpc) is 3.08. The number of hydrogen-bond acceptors (Lipinski definition) is 4. The third-order valence-electron chi connectivity index (χ3n) is 4.85. The zero-order valence-corrected chi connectivity index (χ0v) is 14.6. The van der Waals surface area contributed by atoms with Crippen LogP contribution < -0.4 is 5.32 Å². The van der Waals surface area contributed by atoms with Gasteiger partial charge in [0.25, 0.3) is 0 Å². The fourth-order valence-electron chi connectivity index (χ4n) is 3.49. The van der Waals surface area contributed by atoms with Crippen molar-refractivity contribution in [3.63, 3.8) is 0 Å². The Hall–Kier alpha value is -2.18. The van der Waals surface area contributed by atoms with Gasteiger partial charge in [-0.05, 0) is 46.9 Å². The van der Waals surface area contributed by atoms with Gasteiger partial charge < -0.3 is 0 Å². The fraction of sp³-hybridized carbons (Fsp3) is 0.263. The first-order valence-corrected chi connectivity index (χ1v) is 8.84. The summed E-state index contributed by atoms with van der Waals surface area (Å²) >= 11 is 1.36. The summed E-state index contributed by atoms with van der Waals surface area (Å²) in [7, 11) is 0. The highest BCUT2D eigenvalue weighted by molar-refractivity contribution is 7.05. The minimum absolute atomic E-state index is 0.0699. The average molecular weight is 357 g/mol. The third-order valence-corrected chi connectivity index (χ3v) is 5.64. The molecule has 3 nitrogen and oxygen atoms in total. The van der Waals surface area contributed by atoms with Gasteiger partial charge in [-0.15, -0.1) is 5.10 Å². The molecule has 0 saturated heterocycles. The third kappa shape index (κ3) is 2.75. The lowest BCUT2D eigenvalue weighted by molar-refractivity contribution is 0.293. The summed E-state index contributed by atoms with van der Waals surface area (Å²) < 4.78 is 30.8. The summed E-state index contributed by atoms with van der Waals surface area (Å²) in [6, 6.07) is 12.8. The van der Waals surface area contributed by atoms with Crippen LogP contribution in [0.2, 0.25) is 0 Å². The molecule has 0 spiro atoms. The summed E-state index contributed by atoms with van der Waals surface area (Å²) in [5.74, 6) is -0.527. The van der Waals surface area contributed by atoms with Gasteiger partial charge in [-0.1, -0.05) is 42.6 Å². The van der Waals surface area contributed by atoms with E-state index in [1.165, 1.54) is 35.8 Å². The highest BCUT2D eigenvalue weighted by atomic mass is 32.1. The first-order valence-electron chi connectivity index (χ1n) is 8.06. The van der Waals surface area contributed by atoms with Crippen LogP contribution in [0.3, 0.4) is 0 Å². The molecule has 0 fully saturated rings. The van der Waals surface area contributed by atoms with Gasteiger partial charge in [0, 0.05) is 11.5 Å². The van der Waals surface area contributed by atoms with Crippen molar-refractivity contribution in [2.45, 2.75) is 31.3 Å². The Morgan fingerprint density at radius 2 is 1.48 bits per heavy atom. The number of hydrogen-bond donors (Lipinski definition) is 1. The molecule has 0 saturated carbocycles. The van der Waals surface area contributed by atoms with Crippen LogP contribution in [-0.4, -0.2) is 9.59 Å². The van der Waals surface area contributed by atoms with Crippen molar-refractivity contribution in [3.05, 3.63) is 81.9 Å². The first-order chi connectivity index (χ1) is 12.0. The van der Waals surface area contributed by atoms with Gasteiger partial charge in [0.05, 0.1) is 16.6 Å². The van der Waals surface area contributed by atoms with Gasteiger partial charge in [0.15, 0.2) is 0 Å². The predicted octanol–water partition coefficient (Wildman–Crippen LogP) is 4.53. The van der Waals surface area contributed by atoms with Crippen LogP contribution in [-0.2, 0) is 5.41 Å². The molecule has 0 radical (unpaired) electrons. The zero-order valence-electron chi connectivity index (χ0n) is 13.8. The van der Waals surface area contributed by atoms with E-state index in [0.29, 0.717) is 0 Å². The number of nitrogens with zero attached hydrogens (tertiary/aromatic N) is 2. The topological polar surface area (TPSA) is 37.8 Å². The van der Waals surface area contributed by atoms with E-state index in [4.69, 9.17) is 0 Å². The number of fused-ring (bicyclic) bond motifs is 1. The molecule has 0 bridgehead atoms. The van der Waals surface area contributed by atoms with E-state index in [0.717, 1.165) is 21.7 Å². The minimum atomic E-state index is -0.309. The molecule has 2 heterocycles. The second-order valence-corrected chi connectivity index (χ2v) is 7.63. The van der Waals surface area contributed by atoms with E-state index < -0.39 is 0 Å². The first kappa shape index (κ1) is 16.3.